The Morgan fingerprint density at radius 2 is 1.63 bits per heavy atom. The Labute approximate surface area is 178 Å². The van der Waals surface area contributed by atoms with Gasteiger partial charge in [-0.2, -0.15) is 0 Å². The molecule has 162 valence electrons. The SMILES string of the molecule is NCc1ccc([C@H]2O[C@@H](CN3CCC[C@H]3CO)C[C@@H](c3ccc(CO)cc3)O2)cc1. The van der Waals surface area contributed by atoms with Crippen LogP contribution in [0.15, 0.2) is 48.5 Å². The zero-order valence-electron chi connectivity index (χ0n) is 17.3. The Morgan fingerprint density at radius 3 is 2.30 bits per heavy atom. The van der Waals surface area contributed by atoms with Gasteiger partial charge in [0.2, 0.25) is 0 Å². The van der Waals surface area contributed by atoms with Crippen molar-refractivity contribution in [3.8, 4) is 0 Å². The minimum atomic E-state index is -0.451. The van der Waals surface area contributed by atoms with Crippen LogP contribution in [0.2, 0.25) is 0 Å². The first-order valence-corrected chi connectivity index (χ1v) is 10.8. The number of hydrogen-bond donors (Lipinski definition) is 3. The largest absolute Gasteiger partial charge is 0.395 e. The van der Waals surface area contributed by atoms with Gasteiger partial charge in [-0.15, -0.1) is 0 Å². The summed E-state index contributed by atoms with van der Waals surface area (Å²) in [6.45, 7) is 2.52. The Balaban J connectivity index is 1.54. The molecule has 0 unspecified atom stereocenters. The van der Waals surface area contributed by atoms with Crippen molar-refractivity contribution in [2.75, 3.05) is 19.7 Å². The molecule has 0 radical (unpaired) electrons. The maximum Gasteiger partial charge on any atom is 0.184 e. The average Bonchev–Trinajstić information content (AvgIpc) is 3.26. The van der Waals surface area contributed by atoms with Crippen molar-refractivity contribution in [3.63, 3.8) is 0 Å². The highest BCUT2D eigenvalue weighted by atomic mass is 16.7. The molecule has 30 heavy (non-hydrogen) atoms. The molecule has 2 aliphatic heterocycles. The van der Waals surface area contributed by atoms with Crippen LogP contribution in [-0.2, 0) is 22.6 Å². The Kier molecular flexibility index (Phi) is 7.15. The third-order valence-corrected chi connectivity index (χ3v) is 6.25. The van der Waals surface area contributed by atoms with Crippen LogP contribution >= 0.6 is 0 Å². The van der Waals surface area contributed by atoms with Crippen LogP contribution in [0.4, 0.5) is 0 Å². The molecule has 2 saturated heterocycles. The average molecular weight is 413 g/mol. The number of aliphatic hydroxyl groups is 2. The van der Waals surface area contributed by atoms with Crippen LogP contribution < -0.4 is 5.73 Å². The summed E-state index contributed by atoms with van der Waals surface area (Å²) < 4.78 is 12.8. The molecule has 0 amide bonds. The van der Waals surface area contributed by atoms with Gasteiger partial charge in [-0.1, -0.05) is 48.5 Å². The molecule has 2 aromatic carbocycles. The lowest BCUT2D eigenvalue weighted by Crippen LogP contribution is -2.42. The van der Waals surface area contributed by atoms with Gasteiger partial charge in [0.1, 0.15) is 0 Å². The van der Waals surface area contributed by atoms with Crippen LogP contribution in [0.1, 0.15) is 53.9 Å². The van der Waals surface area contributed by atoms with Crippen molar-refractivity contribution >= 4 is 0 Å². The first-order valence-electron chi connectivity index (χ1n) is 10.8. The number of nitrogens with zero attached hydrogens (tertiary/aromatic N) is 1. The molecule has 2 fully saturated rings. The molecule has 2 heterocycles. The summed E-state index contributed by atoms with van der Waals surface area (Å²) in [5, 5.41) is 19.0. The lowest BCUT2D eigenvalue weighted by molar-refractivity contribution is -0.253. The van der Waals surface area contributed by atoms with Gasteiger partial charge in [0.25, 0.3) is 0 Å². The second-order valence-corrected chi connectivity index (χ2v) is 8.27. The molecule has 0 aliphatic carbocycles. The van der Waals surface area contributed by atoms with E-state index in [1.807, 2.05) is 48.5 Å². The van der Waals surface area contributed by atoms with Gasteiger partial charge in [-0.25, -0.2) is 0 Å². The number of aliphatic hydroxyl groups excluding tert-OH is 2. The van der Waals surface area contributed by atoms with E-state index in [0.717, 1.165) is 54.6 Å². The number of hydrogen-bond acceptors (Lipinski definition) is 6. The van der Waals surface area contributed by atoms with Crippen LogP contribution in [0.3, 0.4) is 0 Å². The second-order valence-electron chi connectivity index (χ2n) is 8.27. The van der Waals surface area contributed by atoms with E-state index in [0.29, 0.717) is 6.54 Å². The van der Waals surface area contributed by atoms with Gasteiger partial charge in [0.15, 0.2) is 6.29 Å². The van der Waals surface area contributed by atoms with Crippen LogP contribution in [-0.4, -0.2) is 47.0 Å². The Bertz CT molecular complexity index is 740. The number of likely N-dealkylation sites (tertiary alicyclic amines) is 1. The Morgan fingerprint density at radius 1 is 0.933 bits per heavy atom. The third kappa shape index (κ3) is 4.91. The highest BCUT2D eigenvalue weighted by molar-refractivity contribution is 5.26. The van der Waals surface area contributed by atoms with Crippen molar-refractivity contribution in [2.45, 2.75) is 57.0 Å². The van der Waals surface area contributed by atoms with E-state index in [1.165, 1.54) is 0 Å². The van der Waals surface area contributed by atoms with Gasteiger partial charge in [0, 0.05) is 31.1 Å². The van der Waals surface area contributed by atoms with Crippen molar-refractivity contribution < 1.29 is 19.7 Å². The Hall–Kier alpha value is -1.80. The van der Waals surface area contributed by atoms with Gasteiger partial charge >= 0.3 is 0 Å². The molecule has 0 bridgehead atoms. The molecule has 2 aliphatic rings. The molecule has 4 rings (SSSR count). The highest BCUT2D eigenvalue weighted by Crippen LogP contribution is 2.38. The highest BCUT2D eigenvalue weighted by Gasteiger charge is 2.35. The van der Waals surface area contributed by atoms with Gasteiger partial charge in [-0.05, 0) is 36.1 Å². The van der Waals surface area contributed by atoms with E-state index >= 15 is 0 Å². The molecular formula is C24H32N2O4. The summed E-state index contributed by atoms with van der Waals surface area (Å²) in [7, 11) is 0. The molecule has 6 heteroatoms. The van der Waals surface area contributed by atoms with Crippen LogP contribution in [0.5, 0.6) is 0 Å². The first kappa shape index (κ1) is 21.4. The van der Waals surface area contributed by atoms with Crippen LogP contribution in [0.25, 0.3) is 0 Å². The molecule has 4 atom stereocenters. The molecule has 2 aromatic rings. The summed E-state index contributed by atoms with van der Waals surface area (Å²) in [5.74, 6) is 0. The number of ether oxygens (including phenoxy) is 2. The predicted molar refractivity (Wildman–Crippen MR) is 114 cm³/mol. The van der Waals surface area contributed by atoms with Crippen molar-refractivity contribution in [2.24, 2.45) is 5.73 Å². The maximum atomic E-state index is 9.69. The monoisotopic (exact) mass is 412 g/mol. The van der Waals surface area contributed by atoms with Crippen molar-refractivity contribution in [3.05, 3.63) is 70.8 Å². The minimum Gasteiger partial charge on any atom is -0.395 e. The summed E-state index contributed by atoms with van der Waals surface area (Å²) in [5.41, 5.74) is 9.76. The summed E-state index contributed by atoms with van der Waals surface area (Å²) in [6, 6.07) is 16.2. The number of nitrogens with two attached hydrogens (primary N) is 1. The summed E-state index contributed by atoms with van der Waals surface area (Å²) >= 11 is 0. The van der Waals surface area contributed by atoms with Gasteiger partial charge < -0.3 is 25.4 Å². The topological polar surface area (TPSA) is 88.2 Å². The van der Waals surface area contributed by atoms with E-state index in [4.69, 9.17) is 15.2 Å². The van der Waals surface area contributed by atoms with E-state index in [9.17, 15) is 10.2 Å². The van der Waals surface area contributed by atoms with E-state index in [2.05, 4.69) is 4.90 Å². The van der Waals surface area contributed by atoms with E-state index in [-0.39, 0.29) is 31.5 Å². The second kappa shape index (κ2) is 10.0. The minimum absolute atomic E-state index is 0.00704. The fourth-order valence-corrected chi connectivity index (χ4v) is 4.45. The lowest BCUT2D eigenvalue weighted by Gasteiger charge is -2.38. The van der Waals surface area contributed by atoms with E-state index < -0.39 is 6.29 Å². The molecular weight excluding hydrogens is 380 g/mol. The van der Waals surface area contributed by atoms with Gasteiger partial charge in [-0.3, -0.25) is 4.90 Å². The zero-order valence-corrected chi connectivity index (χ0v) is 17.3. The lowest BCUT2D eigenvalue weighted by atomic mass is 9.99. The molecule has 0 aromatic heterocycles. The fraction of sp³-hybridized carbons (Fsp3) is 0.500. The first-order chi connectivity index (χ1) is 14.7. The maximum absolute atomic E-state index is 9.69. The third-order valence-electron chi connectivity index (χ3n) is 6.25. The smallest absolute Gasteiger partial charge is 0.184 e. The fourth-order valence-electron chi connectivity index (χ4n) is 4.45. The van der Waals surface area contributed by atoms with Gasteiger partial charge in [0.05, 0.1) is 25.4 Å². The summed E-state index contributed by atoms with van der Waals surface area (Å²) in [6.07, 6.45) is 2.37. The molecule has 0 spiro atoms. The van der Waals surface area contributed by atoms with Crippen molar-refractivity contribution in [1.82, 2.24) is 4.90 Å². The molecule has 6 nitrogen and oxygen atoms in total. The normalized spacial score (nSPS) is 27.4. The summed E-state index contributed by atoms with van der Waals surface area (Å²) in [4.78, 5) is 2.34. The van der Waals surface area contributed by atoms with Crippen LogP contribution in [0, 0.1) is 0 Å². The standard InChI is InChI=1S/C24H32N2O4/c25-13-17-3-9-20(10-4-17)24-29-22(14-26-11-1-2-21(26)16-28)12-23(30-24)19-7-5-18(15-27)6-8-19/h3-10,21-24,27-28H,1-2,11-16,25H2/t21-,22+,23-,24-/m0/s1. The predicted octanol–water partition coefficient (Wildman–Crippen LogP) is 2.64. The molecule has 0 saturated carbocycles. The number of rotatable bonds is 7. The quantitative estimate of drug-likeness (QED) is 0.648. The molecule has 4 N–H and O–H groups in total. The zero-order chi connectivity index (χ0) is 20.9. The van der Waals surface area contributed by atoms with Crippen molar-refractivity contribution in [1.29, 1.82) is 0 Å². The number of benzene rings is 2. The van der Waals surface area contributed by atoms with E-state index in [1.54, 1.807) is 0 Å².